The zero-order chi connectivity index (χ0) is 16.8. The lowest BCUT2D eigenvalue weighted by Gasteiger charge is -2.20. The molecule has 0 spiro atoms. The highest BCUT2D eigenvalue weighted by Crippen LogP contribution is 2.14. The molecule has 0 unspecified atom stereocenters. The number of carbonyl (C=O) groups is 1. The Bertz CT molecular complexity index is 585. The normalized spacial score (nSPS) is 11.9. The zero-order valence-electron chi connectivity index (χ0n) is 13.2. The van der Waals surface area contributed by atoms with Gasteiger partial charge < -0.3 is 5.32 Å². The Kier molecular flexibility index (Phi) is 7.32. The second-order valence-electron chi connectivity index (χ2n) is 5.65. The summed E-state index contributed by atoms with van der Waals surface area (Å²) >= 11 is 5.78. The molecule has 1 N–H and O–H groups in total. The molecule has 0 aliphatic carbocycles. The van der Waals surface area contributed by atoms with Crippen molar-refractivity contribution in [3.8, 4) is 0 Å². The van der Waals surface area contributed by atoms with E-state index in [4.69, 9.17) is 11.6 Å². The molecule has 1 rings (SSSR count). The van der Waals surface area contributed by atoms with Crippen LogP contribution in [0.1, 0.15) is 26.7 Å². The van der Waals surface area contributed by atoms with Crippen molar-refractivity contribution in [1.82, 2.24) is 4.31 Å². The molecule has 1 amide bonds. The fourth-order valence-electron chi connectivity index (χ4n) is 1.83. The number of anilines is 1. The molecular weight excluding hydrogens is 324 g/mol. The highest BCUT2D eigenvalue weighted by atomic mass is 35.5. The van der Waals surface area contributed by atoms with Gasteiger partial charge in [0, 0.05) is 30.2 Å². The average Bonchev–Trinajstić information content (AvgIpc) is 2.39. The van der Waals surface area contributed by atoms with E-state index in [1.807, 2.05) is 13.8 Å². The van der Waals surface area contributed by atoms with Crippen LogP contribution in [0.25, 0.3) is 0 Å². The van der Waals surface area contributed by atoms with Crippen LogP contribution in [-0.2, 0) is 14.8 Å². The van der Waals surface area contributed by atoms with Crippen molar-refractivity contribution in [2.75, 3.05) is 24.7 Å². The van der Waals surface area contributed by atoms with Gasteiger partial charge in [0.05, 0.1) is 6.26 Å². The van der Waals surface area contributed by atoms with Crippen LogP contribution in [-0.4, -0.2) is 38.0 Å². The second kappa shape index (κ2) is 8.50. The molecule has 0 bridgehead atoms. The fraction of sp³-hybridized carbons (Fsp3) is 0.533. The maximum absolute atomic E-state index is 11.9. The monoisotopic (exact) mass is 346 g/mol. The molecule has 1 aromatic carbocycles. The van der Waals surface area contributed by atoms with Gasteiger partial charge in [-0.3, -0.25) is 4.79 Å². The van der Waals surface area contributed by atoms with Gasteiger partial charge in [-0.15, -0.1) is 0 Å². The van der Waals surface area contributed by atoms with Gasteiger partial charge in [-0.25, -0.2) is 12.7 Å². The summed E-state index contributed by atoms with van der Waals surface area (Å²) in [5.41, 5.74) is 0.641. The molecule has 0 aromatic heterocycles. The molecule has 0 fully saturated rings. The third-order valence-corrected chi connectivity index (χ3v) is 4.70. The Morgan fingerprint density at radius 1 is 1.23 bits per heavy atom. The van der Waals surface area contributed by atoms with Crippen molar-refractivity contribution in [2.24, 2.45) is 5.92 Å². The van der Waals surface area contributed by atoms with Gasteiger partial charge in [-0.2, -0.15) is 0 Å². The number of benzene rings is 1. The Labute approximate surface area is 137 Å². The number of hydrogen-bond donors (Lipinski definition) is 1. The van der Waals surface area contributed by atoms with Crippen molar-refractivity contribution >= 4 is 33.2 Å². The van der Waals surface area contributed by atoms with Gasteiger partial charge in [0.2, 0.25) is 15.9 Å². The quantitative estimate of drug-likeness (QED) is 0.786. The van der Waals surface area contributed by atoms with Crippen LogP contribution in [0.4, 0.5) is 5.69 Å². The number of hydrogen-bond acceptors (Lipinski definition) is 3. The Hall–Kier alpha value is -1.11. The standard InChI is InChI=1S/C15H23ClN2O3S/c1-12(2)8-10-18(22(3,20)21)11-9-15(19)17-14-6-4-13(16)5-7-14/h4-7,12H,8-11H2,1-3H3,(H,17,19). The van der Waals surface area contributed by atoms with E-state index < -0.39 is 10.0 Å². The summed E-state index contributed by atoms with van der Waals surface area (Å²) < 4.78 is 24.8. The first-order valence-electron chi connectivity index (χ1n) is 7.19. The molecule has 0 radical (unpaired) electrons. The third kappa shape index (κ3) is 7.24. The van der Waals surface area contributed by atoms with E-state index in [0.717, 1.165) is 6.42 Å². The molecule has 124 valence electrons. The molecule has 0 saturated heterocycles. The molecule has 0 aliphatic heterocycles. The lowest BCUT2D eigenvalue weighted by molar-refractivity contribution is -0.116. The summed E-state index contributed by atoms with van der Waals surface area (Å²) in [6, 6.07) is 6.77. The Morgan fingerprint density at radius 2 is 1.82 bits per heavy atom. The first-order chi connectivity index (χ1) is 10.2. The highest BCUT2D eigenvalue weighted by molar-refractivity contribution is 7.88. The number of nitrogens with one attached hydrogen (secondary N) is 1. The number of amides is 1. The smallest absolute Gasteiger partial charge is 0.225 e. The molecular formula is C15H23ClN2O3S. The highest BCUT2D eigenvalue weighted by Gasteiger charge is 2.18. The summed E-state index contributed by atoms with van der Waals surface area (Å²) in [6.45, 7) is 4.69. The molecule has 5 nitrogen and oxygen atoms in total. The molecule has 0 aliphatic rings. The van der Waals surface area contributed by atoms with Gasteiger partial charge in [0.15, 0.2) is 0 Å². The zero-order valence-corrected chi connectivity index (χ0v) is 14.7. The molecule has 0 heterocycles. The van der Waals surface area contributed by atoms with Crippen LogP contribution >= 0.6 is 11.6 Å². The summed E-state index contributed by atoms with van der Waals surface area (Å²) in [7, 11) is -3.30. The Balaban J connectivity index is 2.53. The molecule has 22 heavy (non-hydrogen) atoms. The van der Waals surface area contributed by atoms with Crippen LogP contribution in [0.3, 0.4) is 0 Å². The third-order valence-electron chi connectivity index (χ3n) is 3.14. The lowest BCUT2D eigenvalue weighted by atomic mass is 10.1. The van der Waals surface area contributed by atoms with Crippen LogP contribution < -0.4 is 5.32 Å². The minimum Gasteiger partial charge on any atom is -0.326 e. The number of carbonyl (C=O) groups excluding carboxylic acids is 1. The SMILES string of the molecule is CC(C)CCN(CCC(=O)Nc1ccc(Cl)cc1)S(C)(=O)=O. The van der Waals surface area contributed by atoms with Crippen molar-refractivity contribution in [1.29, 1.82) is 0 Å². The van der Waals surface area contributed by atoms with Crippen LogP contribution in [0.2, 0.25) is 5.02 Å². The maximum Gasteiger partial charge on any atom is 0.225 e. The predicted octanol–water partition coefficient (Wildman–Crippen LogP) is 2.98. The average molecular weight is 347 g/mol. The van der Waals surface area contributed by atoms with Gasteiger partial charge in [0.1, 0.15) is 0 Å². The molecule has 0 saturated carbocycles. The maximum atomic E-state index is 11.9. The molecule has 0 atom stereocenters. The minimum absolute atomic E-state index is 0.119. The first-order valence-corrected chi connectivity index (χ1v) is 9.41. The number of nitrogens with zero attached hydrogens (tertiary/aromatic N) is 1. The summed E-state index contributed by atoms with van der Waals surface area (Å²) in [4.78, 5) is 11.9. The summed E-state index contributed by atoms with van der Waals surface area (Å²) in [5, 5.41) is 3.31. The van der Waals surface area contributed by atoms with Crippen molar-refractivity contribution in [3.05, 3.63) is 29.3 Å². The molecule has 7 heteroatoms. The predicted molar refractivity (Wildman–Crippen MR) is 90.6 cm³/mol. The molecule has 1 aromatic rings. The van der Waals surface area contributed by atoms with Crippen LogP contribution in [0, 0.1) is 5.92 Å². The van der Waals surface area contributed by atoms with E-state index in [1.54, 1.807) is 24.3 Å². The van der Waals surface area contributed by atoms with Gasteiger partial charge in [-0.05, 0) is 36.6 Å². The van der Waals surface area contributed by atoms with Gasteiger partial charge in [0.25, 0.3) is 0 Å². The van der Waals surface area contributed by atoms with Crippen molar-refractivity contribution < 1.29 is 13.2 Å². The van der Waals surface area contributed by atoms with E-state index >= 15 is 0 Å². The van der Waals surface area contributed by atoms with Crippen molar-refractivity contribution in [2.45, 2.75) is 26.7 Å². The van der Waals surface area contributed by atoms with E-state index in [1.165, 1.54) is 10.6 Å². The van der Waals surface area contributed by atoms with Crippen molar-refractivity contribution in [3.63, 3.8) is 0 Å². The minimum atomic E-state index is -3.30. The van der Waals surface area contributed by atoms with E-state index in [2.05, 4.69) is 5.32 Å². The number of sulfonamides is 1. The van der Waals surface area contributed by atoms with Crippen LogP contribution in [0.5, 0.6) is 0 Å². The first kappa shape index (κ1) is 18.9. The lowest BCUT2D eigenvalue weighted by Crippen LogP contribution is -2.34. The van der Waals surface area contributed by atoms with Gasteiger partial charge >= 0.3 is 0 Å². The fourth-order valence-corrected chi connectivity index (χ4v) is 2.81. The van der Waals surface area contributed by atoms with E-state index in [-0.39, 0.29) is 18.9 Å². The summed E-state index contributed by atoms with van der Waals surface area (Å²) in [5.74, 6) is 0.188. The Morgan fingerprint density at radius 3 is 2.32 bits per heavy atom. The van der Waals surface area contributed by atoms with Gasteiger partial charge in [-0.1, -0.05) is 25.4 Å². The number of halogens is 1. The topological polar surface area (TPSA) is 66.5 Å². The second-order valence-corrected chi connectivity index (χ2v) is 8.07. The number of rotatable bonds is 8. The van der Waals surface area contributed by atoms with E-state index in [9.17, 15) is 13.2 Å². The van der Waals surface area contributed by atoms with E-state index in [0.29, 0.717) is 23.2 Å². The summed E-state index contributed by atoms with van der Waals surface area (Å²) in [6.07, 6.45) is 2.06. The largest absolute Gasteiger partial charge is 0.326 e. The van der Waals surface area contributed by atoms with Crippen LogP contribution in [0.15, 0.2) is 24.3 Å².